The molecule has 0 amide bonds. The Morgan fingerprint density at radius 2 is 0.867 bits per heavy atom. The molecule has 0 aromatic heterocycles. The van der Waals surface area contributed by atoms with Crippen LogP contribution >= 0.6 is 0 Å². The Labute approximate surface area is 249 Å². The van der Waals surface area contributed by atoms with Crippen LogP contribution in [0.5, 0.6) is 51.7 Å². The van der Waals surface area contributed by atoms with Crippen LogP contribution in [-0.2, 0) is 18.9 Å². The van der Waals surface area contributed by atoms with Gasteiger partial charge in [0.1, 0.15) is 12.2 Å². The highest BCUT2D eigenvalue weighted by molar-refractivity contribution is 5.93. The minimum atomic E-state index is -2.21. The smallest absolute Gasteiger partial charge is 0.340 e. The normalized spacial score (nSPS) is 21.1. The molecule has 18 heteroatoms. The standard InChI is InChI=1S/C27H24O18/c28-7-17-22(43-24(39)8-1-11(29)18(35)12(30)2-8)21(38)23(44-25(40)9-3-13(31)19(36)14(32)4-9)27(42-17)45-26(41)10-5-15(33)20(37)16(34)6-10/h1-6,17,21-23,27-38H,7H2/t17-,21+,22-,23-,27?/m1/s1. The number of aliphatic hydroxyl groups excluding tert-OH is 2. The molecule has 1 unspecified atom stereocenters. The average Bonchev–Trinajstić information content (AvgIpc) is 2.99. The monoisotopic (exact) mass is 636 g/mol. The van der Waals surface area contributed by atoms with Gasteiger partial charge in [-0.15, -0.1) is 0 Å². The quantitative estimate of drug-likeness (QED) is 0.0902. The molecule has 4 rings (SSSR count). The predicted molar refractivity (Wildman–Crippen MR) is 140 cm³/mol. The number of ether oxygens (including phenoxy) is 4. The molecule has 1 fully saturated rings. The number of phenols is 9. The van der Waals surface area contributed by atoms with Gasteiger partial charge in [0, 0.05) is 0 Å². The van der Waals surface area contributed by atoms with Gasteiger partial charge in [0.15, 0.2) is 64.0 Å². The molecule has 0 radical (unpaired) electrons. The van der Waals surface area contributed by atoms with E-state index >= 15 is 0 Å². The zero-order chi connectivity index (χ0) is 33.3. The molecule has 1 heterocycles. The number of carbonyl (C=O) groups excluding carboxylic acids is 3. The lowest BCUT2D eigenvalue weighted by Gasteiger charge is -2.42. The van der Waals surface area contributed by atoms with Crippen LogP contribution in [0.1, 0.15) is 31.1 Å². The van der Waals surface area contributed by atoms with E-state index < -0.39 is 124 Å². The van der Waals surface area contributed by atoms with Crippen molar-refractivity contribution in [1.82, 2.24) is 0 Å². The van der Waals surface area contributed by atoms with E-state index in [0.29, 0.717) is 36.4 Å². The number of esters is 3. The first-order valence-electron chi connectivity index (χ1n) is 12.4. The van der Waals surface area contributed by atoms with E-state index in [1.54, 1.807) is 0 Å². The number of aromatic hydroxyl groups is 9. The van der Waals surface area contributed by atoms with Gasteiger partial charge in [0.25, 0.3) is 0 Å². The third kappa shape index (κ3) is 6.42. The van der Waals surface area contributed by atoms with Gasteiger partial charge < -0.3 is 75.1 Å². The van der Waals surface area contributed by atoms with Crippen molar-refractivity contribution in [3.63, 3.8) is 0 Å². The van der Waals surface area contributed by atoms with Crippen molar-refractivity contribution in [2.24, 2.45) is 0 Å². The molecule has 240 valence electrons. The first kappa shape index (κ1) is 32.1. The fourth-order valence-corrected chi connectivity index (χ4v) is 4.13. The summed E-state index contributed by atoms with van der Waals surface area (Å²) in [6.45, 7) is -1.03. The summed E-state index contributed by atoms with van der Waals surface area (Å²) in [5, 5.41) is 108. The van der Waals surface area contributed by atoms with Crippen molar-refractivity contribution >= 4 is 17.9 Å². The summed E-state index contributed by atoms with van der Waals surface area (Å²) in [6.07, 6.45) is -10.1. The van der Waals surface area contributed by atoms with E-state index in [1.807, 2.05) is 0 Å². The fourth-order valence-electron chi connectivity index (χ4n) is 4.13. The average molecular weight is 636 g/mol. The first-order chi connectivity index (χ1) is 21.1. The summed E-state index contributed by atoms with van der Waals surface area (Å²) in [5.41, 5.74) is -1.75. The summed E-state index contributed by atoms with van der Waals surface area (Å²) in [5.74, 6) is -12.7. The zero-order valence-electron chi connectivity index (χ0n) is 22.3. The van der Waals surface area contributed by atoms with E-state index in [1.165, 1.54) is 0 Å². The molecular weight excluding hydrogens is 612 g/mol. The number of benzene rings is 3. The minimum absolute atomic E-state index is 0.559. The van der Waals surface area contributed by atoms with Gasteiger partial charge in [-0.05, 0) is 36.4 Å². The third-order valence-corrected chi connectivity index (χ3v) is 6.42. The lowest BCUT2D eigenvalue weighted by atomic mass is 9.98. The van der Waals surface area contributed by atoms with Gasteiger partial charge in [-0.3, -0.25) is 0 Å². The Kier molecular flexibility index (Phi) is 8.84. The van der Waals surface area contributed by atoms with Crippen molar-refractivity contribution in [3.8, 4) is 51.7 Å². The van der Waals surface area contributed by atoms with Gasteiger partial charge in [0.2, 0.25) is 6.29 Å². The van der Waals surface area contributed by atoms with Crippen LogP contribution in [0.2, 0.25) is 0 Å². The predicted octanol–water partition coefficient (Wildman–Crippen LogP) is -0.277. The van der Waals surface area contributed by atoms with Crippen LogP contribution < -0.4 is 0 Å². The molecule has 0 saturated carbocycles. The largest absolute Gasteiger partial charge is 0.504 e. The maximum atomic E-state index is 12.9. The maximum Gasteiger partial charge on any atom is 0.340 e. The summed E-state index contributed by atoms with van der Waals surface area (Å²) in [7, 11) is 0. The Morgan fingerprint density at radius 1 is 0.556 bits per heavy atom. The highest BCUT2D eigenvalue weighted by Crippen LogP contribution is 2.39. The Balaban J connectivity index is 1.67. The molecule has 3 aromatic carbocycles. The van der Waals surface area contributed by atoms with Crippen LogP contribution in [0.15, 0.2) is 36.4 Å². The minimum Gasteiger partial charge on any atom is -0.504 e. The van der Waals surface area contributed by atoms with Crippen molar-refractivity contribution in [1.29, 1.82) is 0 Å². The second kappa shape index (κ2) is 12.4. The molecule has 0 aliphatic carbocycles. The maximum absolute atomic E-state index is 12.9. The van der Waals surface area contributed by atoms with Gasteiger partial charge in [-0.25, -0.2) is 14.4 Å². The fraction of sp³-hybridized carbons (Fsp3) is 0.222. The number of carbonyl (C=O) groups is 3. The topological polar surface area (TPSA) is 311 Å². The molecular formula is C27H24O18. The highest BCUT2D eigenvalue weighted by atomic mass is 16.7. The lowest BCUT2D eigenvalue weighted by molar-refractivity contribution is -0.283. The van der Waals surface area contributed by atoms with E-state index in [2.05, 4.69) is 0 Å². The zero-order valence-corrected chi connectivity index (χ0v) is 22.3. The van der Waals surface area contributed by atoms with E-state index in [-0.39, 0.29) is 0 Å². The second-order valence-corrected chi connectivity index (χ2v) is 9.45. The molecule has 45 heavy (non-hydrogen) atoms. The van der Waals surface area contributed by atoms with E-state index in [4.69, 9.17) is 18.9 Å². The van der Waals surface area contributed by atoms with Crippen LogP contribution in [-0.4, -0.2) is 111 Å². The Bertz CT molecular complexity index is 1580. The van der Waals surface area contributed by atoms with Gasteiger partial charge in [-0.1, -0.05) is 0 Å². The number of aliphatic hydroxyl groups is 2. The van der Waals surface area contributed by atoms with Crippen LogP contribution in [0.25, 0.3) is 0 Å². The number of hydrogen-bond acceptors (Lipinski definition) is 18. The number of rotatable bonds is 7. The van der Waals surface area contributed by atoms with Crippen LogP contribution in [0.4, 0.5) is 0 Å². The van der Waals surface area contributed by atoms with Crippen molar-refractivity contribution in [2.75, 3.05) is 6.61 Å². The Hall–Kier alpha value is -5.85. The molecule has 11 N–H and O–H groups in total. The summed E-state index contributed by atoms with van der Waals surface area (Å²) >= 11 is 0. The van der Waals surface area contributed by atoms with E-state index in [0.717, 1.165) is 0 Å². The number of hydrogen-bond donors (Lipinski definition) is 11. The van der Waals surface area contributed by atoms with Crippen molar-refractivity contribution in [3.05, 3.63) is 53.1 Å². The molecule has 1 aliphatic rings. The summed E-state index contributed by atoms with van der Waals surface area (Å²) in [4.78, 5) is 38.6. The molecule has 0 spiro atoms. The highest BCUT2D eigenvalue weighted by Gasteiger charge is 2.51. The van der Waals surface area contributed by atoms with Crippen molar-refractivity contribution in [2.45, 2.75) is 30.7 Å². The third-order valence-electron chi connectivity index (χ3n) is 6.42. The Morgan fingerprint density at radius 3 is 1.20 bits per heavy atom. The SMILES string of the molecule is O=C(OC1O[C@H](CO)[C@@H](OC(=O)c2cc(O)c(O)c(O)c2)[C@H](O)[C@H]1OC(=O)c1cc(O)c(O)c(O)c1)c1cc(O)c(O)c(O)c1. The van der Waals surface area contributed by atoms with Crippen molar-refractivity contribution < 1.29 is 89.5 Å². The molecule has 5 atom stereocenters. The molecule has 0 bridgehead atoms. The van der Waals surface area contributed by atoms with Crippen LogP contribution in [0.3, 0.4) is 0 Å². The molecule has 1 saturated heterocycles. The van der Waals surface area contributed by atoms with Gasteiger partial charge >= 0.3 is 17.9 Å². The van der Waals surface area contributed by atoms with Crippen LogP contribution in [0, 0.1) is 0 Å². The van der Waals surface area contributed by atoms with E-state index in [9.17, 15) is 70.6 Å². The molecule has 3 aromatic rings. The number of phenolic OH excluding ortho intramolecular Hbond substituents is 9. The van der Waals surface area contributed by atoms with Gasteiger partial charge in [0.05, 0.1) is 23.3 Å². The van der Waals surface area contributed by atoms with Gasteiger partial charge in [-0.2, -0.15) is 0 Å². The molecule has 18 nitrogen and oxygen atoms in total. The molecule has 1 aliphatic heterocycles. The summed E-state index contributed by atoms with van der Waals surface area (Å²) in [6, 6.07) is 4.06. The summed E-state index contributed by atoms with van der Waals surface area (Å²) < 4.78 is 21.0. The lowest BCUT2D eigenvalue weighted by Crippen LogP contribution is -2.62. The first-order valence-corrected chi connectivity index (χ1v) is 12.4. The second-order valence-electron chi connectivity index (χ2n) is 9.45.